The fourth-order valence-electron chi connectivity index (χ4n) is 1.67. The molecule has 0 spiro atoms. The lowest BCUT2D eigenvalue weighted by molar-refractivity contribution is 0.410. The van der Waals surface area contributed by atoms with Crippen LogP contribution in [0.2, 0.25) is 0 Å². The highest BCUT2D eigenvalue weighted by Crippen LogP contribution is 2.18. The highest BCUT2D eigenvalue weighted by atomic mass is 16.5. The Hall–Kier alpha value is -2.29. The van der Waals surface area contributed by atoms with Gasteiger partial charge in [0.2, 0.25) is 0 Å². The summed E-state index contributed by atoms with van der Waals surface area (Å²) in [5.74, 6) is 1.06. The van der Waals surface area contributed by atoms with Crippen LogP contribution in [0.25, 0.3) is 0 Å². The minimum Gasteiger partial charge on any atom is -0.507 e. The fraction of sp³-hybridized carbons (Fsp3) is 0.133. The van der Waals surface area contributed by atoms with Gasteiger partial charge in [-0.15, -0.1) is 0 Å². The predicted octanol–water partition coefficient (Wildman–Crippen LogP) is 3.02. The van der Waals surface area contributed by atoms with Crippen LogP contribution in [0.1, 0.15) is 11.1 Å². The smallest absolute Gasteiger partial charge is 0.124 e. The number of rotatable bonds is 4. The molecule has 0 unspecified atom stereocenters. The Labute approximate surface area is 106 Å². The van der Waals surface area contributed by atoms with Gasteiger partial charge in [-0.25, -0.2) is 0 Å². The van der Waals surface area contributed by atoms with E-state index in [9.17, 15) is 5.11 Å². The van der Waals surface area contributed by atoms with Crippen LogP contribution in [0.4, 0.5) is 0 Å². The van der Waals surface area contributed by atoms with Crippen molar-refractivity contribution < 1.29 is 9.84 Å². The van der Waals surface area contributed by atoms with Crippen molar-refractivity contribution in [2.75, 3.05) is 7.11 Å². The quantitative estimate of drug-likeness (QED) is 0.836. The van der Waals surface area contributed by atoms with Crippen LogP contribution in [-0.4, -0.2) is 18.4 Å². The third-order valence-electron chi connectivity index (χ3n) is 2.62. The molecule has 0 saturated carbocycles. The number of benzene rings is 2. The minimum absolute atomic E-state index is 0.237. The number of para-hydroxylation sites is 2. The molecule has 18 heavy (non-hydrogen) atoms. The van der Waals surface area contributed by atoms with Crippen molar-refractivity contribution in [3.63, 3.8) is 0 Å². The van der Waals surface area contributed by atoms with E-state index >= 15 is 0 Å². The van der Waals surface area contributed by atoms with Crippen LogP contribution in [-0.2, 0) is 6.54 Å². The molecule has 0 aliphatic carbocycles. The maximum absolute atomic E-state index is 9.59. The molecule has 3 nitrogen and oxygen atoms in total. The van der Waals surface area contributed by atoms with Crippen LogP contribution < -0.4 is 4.74 Å². The van der Waals surface area contributed by atoms with Crippen LogP contribution in [0, 0.1) is 0 Å². The van der Waals surface area contributed by atoms with Gasteiger partial charge in [0.15, 0.2) is 0 Å². The topological polar surface area (TPSA) is 41.8 Å². The zero-order valence-corrected chi connectivity index (χ0v) is 10.2. The van der Waals surface area contributed by atoms with Crippen molar-refractivity contribution in [3.05, 3.63) is 59.7 Å². The Morgan fingerprint density at radius 3 is 2.61 bits per heavy atom. The maximum atomic E-state index is 9.59. The number of methoxy groups -OCH3 is 1. The molecule has 3 heteroatoms. The van der Waals surface area contributed by atoms with Gasteiger partial charge in [0.05, 0.1) is 13.7 Å². The number of hydrogen-bond donors (Lipinski definition) is 1. The zero-order chi connectivity index (χ0) is 12.8. The Morgan fingerprint density at radius 2 is 1.83 bits per heavy atom. The van der Waals surface area contributed by atoms with Crippen LogP contribution in [0.3, 0.4) is 0 Å². The van der Waals surface area contributed by atoms with Crippen molar-refractivity contribution >= 4 is 6.21 Å². The lowest BCUT2D eigenvalue weighted by Crippen LogP contribution is -1.91. The summed E-state index contributed by atoms with van der Waals surface area (Å²) in [6, 6.07) is 14.9. The van der Waals surface area contributed by atoms with Crippen molar-refractivity contribution in [1.82, 2.24) is 0 Å². The number of phenols is 1. The average Bonchev–Trinajstić information content (AvgIpc) is 2.41. The van der Waals surface area contributed by atoms with Crippen molar-refractivity contribution in [2.45, 2.75) is 6.54 Å². The normalized spacial score (nSPS) is 10.7. The molecule has 0 aliphatic heterocycles. The maximum Gasteiger partial charge on any atom is 0.124 e. The Bertz CT molecular complexity index is 550. The van der Waals surface area contributed by atoms with Gasteiger partial charge in [0.1, 0.15) is 11.5 Å². The molecule has 2 aromatic carbocycles. The van der Waals surface area contributed by atoms with Crippen LogP contribution in [0.15, 0.2) is 53.5 Å². The summed E-state index contributed by atoms with van der Waals surface area (Å²) >= 11 is 0. The van der Waals surface area contributed by atoms with Gasteiger partial charge in [-0.05, 0) is 18.2 Å². The van der Waals surface area contributed by atoms with Crippen molar-refractivity contribution in [1.29, 1.82) is 0 Å². The van der Waals surface area contributed by atoms with Gasteiger partial charge >= 0.3 is 0 Å². The molecule has 0 aromatic heterocycles. The first-order valence-corrected chi connectivity index (χ1v) is 5.71. The summed E-state index contributed by atoms with van der Waals surface area (Å²) in [5.41, 5.74) is 1.74. The van der Waals surface area contributed by atoms with Crippen LogP contribution >= 0.6 is 0 Å². The Balaban J connectivity index is 2.10. The van der Waals surface area contributed by atoms with Crippen molar-refractivity contribution in [3.8, 4) is 11.5 Å². The minimum atomic E-state index is 0.237. The van der Waals surface area contributed by atoms with Gasteiger partial charge in [-0.2, -0.15) is 0 Å². The Kier molecular flexibility index (Phi) is 3.97. The van der Waals surface area contributed by atoms with E-state index in [1.165, 1.54) is 0 Å². The van der Waals surface area contributed by atoms with Gasteiger partial charge in [-0.1, -0.05) is 30.3 Å². The molecule has 0 saturated heterocycles. The highest BCUT2D eigenvalue weighted by Gasteiger charge is 1.99. The molecular formula is C15H15NO2. The summed E-state index contributed by atoms with van der Waals surface area (Å²) in [5, 5.41) is 9.59. The second-order valence-electron chi connectivity index (χ2n) is 3.84. The van der Waals surface area contributed by atoms with E-state index in [0.29, 0.717) is 12.1 Å². The molecule has 2 aromatic rings. The van der Waals surface area contributed by atoms with Crippen LogP contribution in [0.5, 0.6) is 11.5 Å². The highest BCUT2D eigenvalue weighted by molar-refractivity contribution is 5.83. The summed E-state index contributed by atoms with van der Waals surface area (Å²) in [6.07, 6.45) is 1.67. The molecule has 2 rings (SSSR count). The van der Waals surface area contributed by atoms with Gasteiger partial charge in [-0.3, -0.25) is 4.99 Å². The SMILES string of the molecule is COc1ccccc1CN=Cc1ccccc1O. The molecule has 0 fully saturated rings. The average molecular weight is 241 g/mol. The zero-order valence-electron chi connectivity index (χ0n) is 10.2. The lowest BCUT2D eigenvalue weighted by atomic mass is 10.2. The van der Waals surface area contributed by atoms with E-state index in [-0.39, 0.29) is 5.75 Å². The molecule has 0 bridgehead atoms. The molecule has 0 heterocycles. The standard InChI is InChI=1S/C15H15NO2/c1-18-15-9-5-3-7-13(15)11-16-10-12-6-2-4-8-14(12)17/h2-10,17H,11H2,1H3. The molecule has 0 radical (unpaired) electrons. The fourth-order valence-corrected chi connectivity index (χ4v) is 1.67. The molecule has 1 N–H and O–H groups in total. The number of phenolic OH excluding ortho intramolecular Hbond substituents is 1. The molecule has 0 aliphatic rings. The largest absolute Gasteiger partial charge is 0.507 e. The summed E-state index contributed by atoms with van der Waals surface area (Å²) < 4.78 is 5.25. The predicted molar refractivity (Wildman–Crippen MR) is 72.4 cm³/mol. The number of ether oxygens (including phenoxy) is 1. The monoisotopic (exact) mass is 241 g/mol. The van der Waals surface area contributed by atoms with Gasteiger partial charge in [0, 0.05) is 17.3 Å². The van der Waals surface area contributed by atoms with Gasteiger partial charge < -0.3 is 9.84 Å². The first kappa shape index (κ1) is 12.2. The first-order valence-electron chi connectivity index (χ1n) is 5.71. The second kappa shape index (κ2) is 5.87. The molecular weight excluding hydrogens is 226 g/mol. The summed E-state index contributed by atoms with van der Waals surface area (Å²) in [6.45, 7) is 0.526. The molecule has 0 amide bonds. The lowest BCUT2D eigenvalue weighted by Gasteiger charge is -2.05. The van der Waals surface area contributed by atoms with E-state index in [4.69, 9.17) is 4.74 Å². The van der Waals surface area contributed by atoms with E-state index in [1.54, 1.807) is 25.5 Å². The second-order valence-corrected chi connectivity index (χ2v) is 3.84. The van der Waals surface area contributed by atoms with Crippen molar-refractivity contribution in [2.24, 2.45) is 4.99 Å². The molecule has 92 valence electrons. The number of nitrogens with zero attached hydrogens (tertiary/aromatic N) is 1. The third kappa shape index (κ3) is 2.88. The van der Waals surface area contributed by atoms with Gasteiger partial charge in [0.25, 0.3) is 0 Å². The Morgan fingerprint density at radius 1 is 1.11 bits per heavy atom. The number of aromatic hydroxyl groups is 1. The summed E-state index contributed by atoms with van der Waals surface area (Å²) in [4.78, 5) is 4.32. The summed E-state index contributed by atoms with van der Waals surface area (Å²) in [7, 11) is 1.64. The third-order valence-corrected chi connectivity index (χ3v) is 2.62. The van der Waals surface area contributed by atoms with E-state index in [1.807, 2.05) is 36.4 Å². The number of aliphatic imine (C=N–C) groups is 1. The van der Waals surface area contributed by atoms with E-state index in [0.717, 1.165) is 11.3 Å². The number of hydrogen-bond acceptors (Lipinski definition) is 3. The van der Waals surface area contributed by atoms with E-state index in [2.05, 4.69) is 4.99 Å². The first-order chi connectivity index (χ1) is 8.81. The van der Waals surface area contributed by atoms with E-state index < -0.39 is 0 Å². The molecule has 0 atom stereocenters.